The highest BCUT2D eigenvalue weighted by molar-refractivity contribution is 9.10. The van der Waals surface area contributed by atoms with Gasteiger partial charge in [-0.05, 0) is 77.6 Å². The third-order valence-electron chi connectivity index (χ3n) is 6.76. The summed E-state index contributed by atoms with van der Waals surface area (Å²) in [6.45, 7) is 0.904. The molecule has 1 amide bonds. The second kappa shape index (κ2) is 11.0. The summed E-state index contributed by atoms with van der Waals surface area (Å²) in [6.07, 6.45) is -4.41. The van der Waals surface area contributed by atoms with E-state index in [1.54, 1.807) is 30.3 Å². The predicted octanol–water partition coefficient (Wildman–Crippen LogP) is 7.23. The Balaban J connectivity index is 1.57. The number of hydrogen-bond donors (Lipinski definition) is 1. The van der Waals surface area contributed by atoms with Gasteiger partial charge in [0.15, 0.2) is 0 Å². The van der Waals surface area contributed by atoms with Gasteiger partial charge in [0.25, 0.3) is 0 Å². The Morgan fingerprint density at radius 3 is 2.24 bits per heavy atom. The first-order chi connectivity index (χ1) is 17.6. The molecule has 4 rings (SSSR count). The highest BCUT2D eigenvalue weighted by atomic mass is 79.9. The molecule has 1 N–H and O–H groups in total. The average molecular weight is 573 g/mol. The van der Waals surface area contributed by atoms with Crippen molar-refractivity contribution < 1.29 is 27.8 Å². The zero-order valence-corrected chi connectivity index (χ0v) is 21.3. The zero-order chi connectivity index (χ0) is 26.6. The molecule has 3 aromatic rings. The maximum atomic E-state index is 13.7. The molecular weight excluding hydrogens is 549 g/mol. The number of rotatable bonds is 6. The van der Waals surface area contributed by atoms with Gasteiger partial charge < -0.3 is 14.7 Å². The van der Waals surface area contributed by atoms with E-state index in [4.69, 9.17) is 10.00 Å². The number of ether oxygens (including phenoxy) is 1. The van der Waals surface area contributed by atoms with E-state index in [-0.39, 0.29) is 13.2 Å². The lowest BCUT2D eigenvalue weighted by Gasteiger charge is -2.41. The van der Waals surface area contributed by atoms with Crippen LogP contribution in [-0.2, 0) is 22.9 Å². The molecule has 0 spiro atoms. The minimum atomic E-state index is -4.53. The number of nitrogens with zero attached hydrogens (tertiary/aromatic N) is 2. The lowest BCUT2D eigenvalue weighted by molar-refractivity contribution is -0.137. The van der Waals surface area contributed by atoms with E-state index < -0.39 is 23.2 Å². The van der Waals surface area contributed by atoms with Gasteiger partial charge in [0, 0.05) is 23.0 Å². The van der Waals surface area contributed by atoms with Gasteiger partial charge in [-0.1, -0.05) is 40.2 Å². The summed E-state index contributed by atoms with van der Waals surface area (Å²) in [5.74, 6) is 0. The summed E-state index contributed by atoms with van der Waals surface area (Å²) in [7, 11) is 0. The van der Waals surface area contributed by atoms with Crippen LogP contribution in [0.3, 0.4) is 0 Å². The maximum absolute atomic E-state index is 13.7. The molecule has 1 aliphatic rings. The molecule has 192 valence electrons. The third-order valence-corrected chi connectivity index (χ3v) is 7.29. The molecular formula is C28H24BrF3N2O3. The number of benzene rings is 3. The topological polar surface area (TPSA) is 73.6 Å². The number of hydrogen-bond acceptors (Lipinski definition) is 3. The Hall–Kier alpha value is -3.35. The first-order valence-corrected chi connectivity index (χ1v) is 12.4. The lowest BCUT2D eigenvalue weighted by Crippen LogP contribution is -2.47. The Labute approximate surface area is 221 Å². The molecule has 37 heavy (non-hydrogen) atoms. The smallest absolute Gasteiger partial charge is 0.416 e. The van der Waals surface area contributed by atoms with Crippen LogP contribution in [0.4, 0.5) is 18.0 Å². The van der Waals surface area contributed by atoms with Crippen molar-refractivity contribution in [1.29, 1.82) is 5.26 Å². The fraction of sp³-hybridized carbons (Fsp3) is 0.286. The molecule has 0 aromatic heterocycles. The van der Waals surface area contributed by atoms with Crippen LogP contribution in [-0.4, -0.2) is 35.8 Å². The van der Waals surface area contributed by atoms with Crippen LogP contribution in [0.2, 0.25) is 0 Å². The molecule has 0 saturated carbocycles. The second-order valence-corrected chi connectivity index (χ2v) is 10.1. The Morgan fingerprint density at radius 2 is 1.68 bits per heavy atom. The van der Waals surface area contributed by atoms with Crippen LogP contribution in [0.5, 0.6) is 0 Å². The number of carboxylic acid groups (broad SMARTS) is 1. The van der Waals surface area contributed by atoms with Gasteiger partial charge in [-0.15, -0.1) is 0 Å². The zero-order valence-electron chi connectivity index (χ0n) is 19.8. The molecule has 1 saturated heterocycles. The first kappa shape index (κ1) is 26.7. The van der Waals surface area contributed by atoms with Crippen molar-refractivity contribution in [3.05, 3.63) is 93.5 Å². The van der Waals surface area contributed by atoms with E-state index in [1.165, 1.54) is 4.90 Å². The summed E-state index contributed by atoms with van der Waals surface area (Å²) in [5, 5.41) is 18.4. The fourth-order valence-electron chi connectivity index (χ4n) is 4.65. The van der Waals surface area contributed by atoms with Crippen molar-refractivity contribution in [3.8, 4) is 17.2 Å². The number of nitriles is 1. The van der Waals surface area contributed by atoms with Crippen LogP contribution in [0.15, 0.2) is 71.2 Å². The number of alkyl halides is 3. The van der Waals surface area contributed by atoms with Gasteiger partial charge in [0.2, 0.25) is 0 Å². The van der Waals surface area contributed by atoms with Crippen molar-refractivity contribution in [2.45, 2.75) is 31.0 Å². The van der Waals surface area contributed by atoms with Crippen molar-refractivity contribution in [1.82, 2.24) is 4.90 Å². The summed E-state index contributed by atoms with van der Waals surface area (Å²) < 4.78 is 48.0. The van der Waals surface area contributed by atoms with Gasteiger partial charge in [-0.25, -0.2) is 4.79 Å². The van der Waals surface area contributed by atoms with Crippen LogP contribution in [0.25, 0.3) is 11.1 Å². The molecule has 3 aromatic carbocycles. The van der Waals surface area contributed by atoms with Gasteiger partial charge in [-0.2, -0.15) is 18.4 Å². The Morgan fingerprint density at radius 1 is 1.03 bits per heavy atom. The van der Waals surface area contributed by atoms with Crippen molar-refractivity contribution >= 4 is 22.0 Å². The number of likely N-dealkylation sites (tertiary alicyclic amines) is 1. The Bertz CT molecular complexity index is 1290. The maximum Gasteiger partial charge on any atom is 0.416 e. The molecule has 9 heteroatoms. The van der Waals surface area contributed by atoms with E-state index in [0.29, 0.717) is 48.2 Å². The molecule has 0 atom stereocenters. The van der Waals surface area contributed by atoms with Gasteiger partial charge in [0.05, 0.1) is 30.4 Å². The largest absolute Gasteiger partial charge is 0.465 e. The molecule has 1 fully saturated rings. The van der Waals surface area contributed by atoms with Crippen molar-refractivity contribution in [2.75, 3.05) is 19.7 Å². The van der Waals surface area contributed by atoms with Gasteiger partial charge in [-0.3, -0.25) is 0 Å². The predicted molar refractivity (Wildman–Crippen MR) is 136 cm³/mol. The number of piperidine rings is 1. The molecule has 0 bridgehead atoms. The van der Waals surface area contributed by atoms with Crippen LogP contribution in [0, 0.1) is 11.3 Å². The molecule has 1 aliphatic heterocycles. The van der Waals surface area contributed by atoms with E-state index in [9.17, 15) is 23.1 Å². The molecule has 0 unspecified atom stereocenters. The number of carbonyl (C=O) groups is 1. The lowest BCUT2D eigenvalue weighted by atomic mass is 9.73. The summed E-state index contributed by atoms with van der Waals surface area (Å²) in [4.78, 5) is 12.8. The normalized spacial score (nSPS) is 15.3. The number of halogens is 4. The molecule has 0 aliphatic carbocycles. The molecule has 0 radical (unpaired) electrons. The SMILES string of the molecule is N#Cc1ccc(-c2cc(COCC3(c4ccc(Br)cc4)CCN(C(=O)O)CC3)cc(C(F)(F)F)c2)cc1. The number of amides is 1. The summed E-state index contributed by atoms with van der Waals surface area (Å²) >= 11 is 3.43. The minimum Gasteiger partial charge on any atom is -0.465 e. The van der Waals surface area contributed by atoms with E-state index in [2.05, 4.69) is 15.9 Å². The second-order valence-electron chi connectivity index (χ2n) is 9.16. The van der Waals surface area contributed by atoms with Crippen LogP contribution < -0.4 is 0 Å². The highest BCUT2D eigenvalue weighted by Gasteiger charge is 2.38. The monoisotopic (exact) mass is 572 g/mol. The Kier molecular flexibility index (Phi) is 7.90. The highest BCUT2D eigenvalue weighted by Crippen LogP contribution is 2.38. The minimum absolute atomic E-state index is 0.0336. The summed E-state index contributed by atoms with van der Waals surface area (Å²) in [6, 6.07) is 20.0. The van der Waals surface area contributed by atoms with E-state index in [0.717, 1.165) is 22.2 Å². The van der Waals surface area contributed by atoms with Gasteiger partial charge in [0.1, 0.15) is 0 Å². The fourth-order valence-corrected chi connectivity index (χ4v) is 4.92. The van der Waals surface area contributed by atoms with Gasteiger partial charge >= 0.3 is 12.3 Å². The quantitative estimate of drug-likeness (QED) is 0.338. The molecule has 5 nitrogen and oxygen atoms in total. The van der Waals surface area contributed by atoms with Crippen LogP contribution in [0.1, 0.15) is 35.1 Å². The van der Waals surface area contributed by atoms with Crippen molar-refractivity contribution in [2.24, 2.45) is 0 Å². The first-order valence-electron chi connectivity index (χ1n) is 11.6. The standard InChI is InChI=1S/C28H24BrF3N2O3/c29-25-7-5-23(6-8-25)27(9-11-34(12-10-27)26(35)36)18-37-17-20-13-22(15-24(14-20)28(30,31)32)21-3-1-19(16-33)2-4-21/h1-8,13-15H,9-12,17-18H2,(H,35,36). The third kappa shape index (κ3) is 6.32. The van der Waals surface area contributed by atoms with E-state index >= 15 is 0 Å². The average Bonchev–Trinajstić information content (AvgIpc) is 2.88. The molecule has 1 heterocycles. The van der Waals surface area contributed by atoms with Crippen molar-refractivity contribution in [3.63, 3.8) is 0 Å². The summed E-state index contributed by atoms with van der Waals surface area (Å²) in [5.41, 5.74) is 1.53. The van der Waals surface area contributed by atoms with E-state index in [1.807, 2.05) is 30.3 Å². The van der Waals surface area contributed by atoms with Crippen LogP contribution >= 0.6 is 15.9 Å².